The lowest BCUT2D eigenvalue weighted by Gasteiger charge is -2.01. The monoisotopic (exact) mass is 292 g/mol. The molecule has 2 aromatic carbocycles. The van der Waals surface area contributed by atoms with Gasteiger partial charge in [0.15, 0.2) is 5.58 Å². The standard InChI is InChI=1S/C14H10Cl2N2O/c1-7-4-9-13(6-12(7)17)19-18-14(9)8-2-3-10(15)11(16)5-8/h2-6H,17H2,1H3. The lowest BCUT2D eigenvalue weighted by molar-refractivity contribution is 0.459. The fraction of sp³-hybridized carbons (Fsp3) is 0.0714. The van der Waals surface area contributed by atoms with Crippen LogP contribution in [0.5, 0.6) is 0 Å². The van der Waals surface area contributed by atoms with Crippen LogP contribution in [0.15, 0.2) is 34.9 Å². The van der Waals surface area contributed by atoms with E-state index < -0.39 is 0 Å². The summed E-state index contributed by atoms with van der Waals surface area (Å²) in [5, 5.41) is 5.99. The van der Waals surface area contributed by atoms with E-state index in [4.69, 9.17) is 33.5 Å². The Morgan fingerprint density at radius 2 is 1.89 bits per heavy atom. The fourth-order valence-electron chi connectivity index (χ4n) is 1.96. The highest BCUT2D eigenvalue weighted by Gasteiger charge is 2.13. The van der Waals surface area contributed by atoms with E-state index in [1.54, 1.807) is 18.2 Å². The van der Waals surface area contributed by atoms with Gasteiger partial charge in [-0.05, 0) is 30.7 Å². The molecule has 19 heavy (non-hydrogen) atoms. The molecule has 3 nitrogen and oxygen atoms in total. The topological polar surface area (TPSA) is 52.0 Å². The van der Waals surface area contributed by atoms with Crippen LogP contribution in [-0.2, 0) is 0 Å². The van der Waals surface area contributed by atoms with Gasteiger partial charge < -0.3 is 10.3 Å². The van der Waals surface area contributed by atoms with Gasteiger partial charge in [0.25, 0.3) is 0 Å². The van der Waals surface area contributed by atoms with Crippen molar-refractivity contribution in [1.82, 2.24) is 5.16 Å². The molecule has 3 aromatic rings. The minimum Gasteiger partial charge on any atom is -0.398 e. The Labute approximate surface area is 119 Å². The zero-order chi connectivity index (χ0) is 13.6. The zero-order valence-electron chi connectivity index (χ0n) is 10.1. The van der Waals surface area contributed by atoms with Crippen molar-refractivity contribution < 1.29 is 4.52 Å². The maximum atomic E-state index is 6.03. The third-order valence-corrected chi connectivity index (χ3v) is 3.79. The number of aromatic nitrogens is 1. The predicted molar refractivity (Wildman–Crippen MR) is 78.6 cm³/mol. The van der Waals surface area contributed by atoms with Crippen LogP contribution < -0.4 is 5.73 Å². The summed E-state index contributed by atoms with van der Waals surface area (Å²) in [7, 11) is 0. The summed E-state index contributed by atoms with van der Waals surface area (Å²) in [5.41, 5.74) is 9.77. The minimum atomic E-state index is 0.488. The van der Waals surface area contributed by atoms with Crippen molar-refractivity contribution in [3.63, 3.8) is 0 Å². The first-order valence-corrected chi connectivity index (χ1v) is 6.43. The summed E-state index contributed by atoms with van der Waals surface area (Å²) in [4.78, 5) is 0. The number of nitrogens with two attached hydrogens (primary N) is 1. The normalized spacial score (nSPS) is 11.1. The first kappa shape index (κ1) is 12.3. The molecule has 0 amide bonds. The Morgan fingerprint density at radius 1 is 1.11 bits per heavy atom. The number of anilines is 1. The molecule has 0 aliphatic heterocycles. The molecule has 3 rings (SSSR count). The Hall–Kier alpha value is -1.71. The first-order chi connectivity index (χ1) is 9.06. The number of halogens is 2. The van der Waals surface area contributed by atoms with Gasteiger partial charge in [0, 0.05) is 17.3 Å². The van der Waals surface area contributed by atoms with Crippen LogP contribution in [-0.4, -0.2) is 5.16 Å². The molecule has 0 saturated heterocycles. The van der Waals surface area contributed by atoms with Crippen LogP contribution in [0, 0.1) is 6.92 Å². The largest absolute Gasteiger partial charge is 0.398 e. The molecule has 0 atom stereocenters. The highest BCUT2D eigenvalue weighted by molar-refractivity contribution is 6.42. The molecule has 5 heteroatoms. The summed E-state index contributed by atoms with van der Waals surface area (Å²) in [6.45, 7) is 1.94. The second-order valence-corrected chi connectivity index (χ2v) is 5.18. The Bertz CT molecular complexity index is 780. The smallest absolute Gasteiger partial charge is 0.169 e. The summed E-state index contributed by atoms with van der Waals surface area (Å²) >= 11 is 11.9. The number of fused-ring (bicyclic) bond motifs is 1. The average Bonchev–Trinajstić information content (AvgIpc) is 2.76. The van der Waals surface area contributed by atoms with Crippen LogP contribution in [0.2, 0.25) is 10.0 Å². The molecular formula is C14H10Cl2N2O. The Balaban J connectivity index is 2.25. The predicted octanol–water partition coefficient (Wildman–Crippen LogP) is 4.69. The molecule has 0 aliphatic carbocycles. The van der Waals surface area contributed by atoms with E-state index in [1.165, 1.54) is 0 Å². The van der Waals surface area contributed by atoms with E-state index in [-0.39, 0.29) is 0 Å². The quantitative estimate of drug-likeness (QED) is 0.662. The molecule has 0 radical (unpaired) electrons. The van der Waals surface area contributed by atoms with Gasteiger partial charge in [0.1, 0.15) is 5.69 Å². The summed E-state index contributed by atoms with van der Waals surface area (Å²) < 4.78 is 5.30. The van der Waals surface area contributed by atoms with Crippen molar-refractivity contribution >= 4 is 39.9 Å². The van der Waals surface area contributed by atoms with Crippen molar-refractivity contribution in [2.45, 2.75) is 6.92 Å². The number of aryl methyl sites for hydroxylation is 1. The molecule has 0 unspecified atom stereocenters. The van der Waals surface area contributed by atoms with Gasteiger partial charge >= 0.3 is 0 Å². The molecule has 0 saturated carbocycles. The van der Waals surface area contributed by atoms with E-state index in [0.717, 1.165) is 22.2 Å². The second-order valence-electron chi connectivity index (χ2n) is 4.37. The molecule has 0 bridgehead atoms. The fourth-order valence-corrected chi connectivity index (χ4v) is 2.26. The van der Waals surface area contributed by atoms with E-state index in [9.17, 15) is 0 Å². The Morgan fingerprint density at radius 3 is 2.63 bits per heavy atom. The van der Waals surface area contributed by atoms with Gasteiger partial charge in [-0.1, -0.05) is 34.4 Å². The lowest BCUT2D eigenvalue weighted by atomic mass is 10.1. The number of hydrogen-bond acceptors (Lipinski definition) is 3. The molecule has 1 aromatic heterocycles. The molecular weight excluding hydrogens is 283 g/mol. The SMILES string of the molecule is Cc1cc2c(-c3ccc(Cl)c(Cl)c3)noc2cc1N. The highest BCUT2D eigenvalue weighted by Crippen LogP contribution is 2.33. The van der Waals surface area contributed by atoms with Gasteiger partial charge in [0.05, 0.1) is 15.4 Å². The van der Waals surface area contributed by atoms with E-state index >= 15 is 0 Å². The van der Waals surface area contributed by atoms with E-state index in [0.29, 0.717) is 21.3 Å². The lowest BCUT2D eigenvalue weighted by Crippen LogP contribution is -1.88. The summed E-state index contributed by atoms with van der Waals surface area (Å²) in [5.74, 6) is 0. The summed E-state index contributed by atoms with van der Waals surface area (Å²) in [6.07, 6.45) is 0. The first-order valence-electron chi connectivity index (χ1n) is 5.67. The maximum Gasteiger partial charge on any atom is 0.169 e. The van der Waals surface area contributed by atoms with Crippen molar-refractivity contribution in [2.24, 2.45) is 0 Å². The third-order valence-electron chi connectivity index (χ3n) is 3.05. The van der Waals surface area contributed by atoms with Crippen LogP contribution >= 0.6 is 23.2 Å². The Kier molecular flexibility index (Phi) is 2.88. The van der Waals surface area contributed by atoms with Crippen molar-refractivity contribution in [3.8, 4) is 11.3 Å². The number of benzene rings is 2. The van der Waals surface area contributed by atoms with Gasteiger partial charge in [-0.3, -0.25) is 0 Å². The maximum absolute atomic E-state index is 6.03. The second kappa shape index (κ2) is 4.44. The van der Waals surface area contributed by atoms with Crippen LogP contribution in [0.25, 0.3) is 22.2 Å². The van der Waals surface area contributed by atoms with Crippen molar-refractivity contribution in [2.75, 3.05) is 5.73 Å². The van der Waals surface area contributed by atoms with Gasteiger partial charge in [-0.2, -0.15) is 0 Å². The minimum absolute atomic E-state index is 0.488. The number of nitrogen functional groups attached to an aromatic ring is 1. The van der Waals surface area contributed by atoms with E-state index in [1.807, 2.05) is 19.1 Å². The van der Waals surface area contributed by atoms with Gasteiger partial charge in [0.2, 0.25) is 0 Å². The third kappa shape index (κ3) is 2.05. The van der Waals surface area contributed by atoms with E-state index in [2.05, 4.69) is 5.16 Å². The number of nitrogens with zero attached hydrogens (tertiary/aromatic N) is 1. The highest BCUT2D eigenvalue weighted by atomic mass is 35.5. The molecule has 2 N–H and O–H groups in total. The van der Waals surface area contributed by atoms with Crippen LogP contribution in [0.4, 0.5) is 5.69 Å². The van der Waals surface area contributed by atoms with Crippen LogP contribution in [0.1, 0.15) is 5.56 Å². The molecule has 0 spiro atoms. The van der Waals surface area contributed by atoms with Crippen LogP contribution in [0.3, 0.4) is 0 Å². The van der Waals surface area contributed by atoms with Crippen molar-refractivity contribution in [3.05, 3.63) is 45.9 Å². The zero-order valence-corrected chi connectivity index (χ0v) is 11.6. The van der Waals surface area contributed by atoms with Gasteiger partial charge in [-0.15, -0.1) is 0 Å². The van der Waals surface area contributed by atoms with Crippen molar-refractivity contribution in [1.29, 1.82) is 0 Å². The molecule has 0 aliphatic rings. The molecule has 1 heterocycles. The summed E-state index contributed by atoms with van der Waals surface area (Å²) in [6, 6.07) is 9.10. The average molecular weight is 293 g/mol. The van der Waals surface area contributed by atoms with Gasteiger partial charge in [-0.25, -0.2) is 0 Å². The molecule has 0 fully saturated rings. The number of rotatable bonds is 1. The number of hydrogen-bond donors (Lipinski definition) is 1. The molecule has 96 valence electrons.